The molecular weight excluding hydrogens is 226 g/mol. The summed E-state index contributed by atoms with van der Waals surface area (Å²) in [5.74, 6) is -2.00. The summed E-state index contributed by atoms with van der Waals surface area (Å²) in [4.78, 5) is -0.605. The van der Waals surface area contributed by atoms with Crippen molar-refractivity contribution < 1.29 is 17.2 Å². The van der Waals surface area contributed by atoms with Crippen molar-refractivity contribution in [1.29, 1.82) is 0 Å². The largest absolute Gasteiger partial charge is 0.326 e. The number of rotatable bonds is 3. The molecule has 0 saturated carbocycles. The van der Waals surface area contributed by atoms with Crippen molar-refractivity contribution in [1.82, 2.24) is 4.72 Å². The molecule has 1 aromatic rings. The molecule has 1 rings (SSSR count). The minimum Gasteiger partial charge on any atom is -0.326 e. The summed E-state index contributed by atoms with van der Waals surface area (Å²) >= 11 is 0. The van der Waals surface area contributed by atoms with Gasteiger partial charge in [-0.3, -0.25) is 0 Å². The van der Waals surface area contributed by atoms with Crippen LogP contribution in [0.1, 0.15) is 5.56 Å². The molecule has 0 atom stereocenters. The second-order valence-electron chi connectivity index (χ2n) is 2.75. The SMILES string of the molecule is CNS(=O)(=O)c1ccc(F)c(CN)c1F. The molecule has 0 aliphatic rings. The summed E-state index contributed by atoms with van der Waals surface area (Å²) < 4.78 is 51.0. The van der Waals surface area contributed by atoms with E-state index in [1.807, 2.05) is 4.72 Å². The minimum absolute atomic E-state index is 0.398. The molecule has 1 aromatic carbocycles. The van der Waals surface area contributed by atoms with Crippen LogP contribution in [0.4, 0.5) is 8.78 Å². The Morgan fingerprint density at radius 3 is 2.47 bits per heavy atom. The van der Waals surface area contributed by atoms with Crippen molar-refractivity contribution in [2.75, 3.05) is 7.05 Å². The lowest BCUT2D eigenvalue weighted by molar-refractivity contribution is 0.527. The normalized spacial score (nSPS) is 11.7. The summed E-state index contributed by atoms with van der Waals surface area (Å²) in [6, 6.07) is 1.73. The van der Waals surface area contributed by atoms with Crippen LogP contribution in [0.2, 0.25) is 0 Å². The molecule has 0 aliphatic heterocycles. The number of nitrogens with two attached hydrogens (primary N) is 1. The van der Waals surface area contributed by atoms with Crippen LogP contribution in [0.3, 0.4) is 0 Å². The highest BCUT2D eigenvalue weighted by atomic mass is 32.2. The van der Waals surface area contributed by atoms with E-state index in [4.69, 9.17) is 5.73 Å². The highest BCUT2D eigenvalue weighted by molar-refractivity contribution is 7.89. The Morgan fingerprint density at radius 1 is 1.40 bits per heavy atom. The fourth-order valence-electron chi connectivity index (χ4n) is 1.08. The maximum absolute atomic E-state index is 13.5. The van der Waals surface area contributed by atoms with Crippen LogP contribution < -0.4 is 10.5 Å². The number of hydrogen-bond acceptors (Lipinski definition) is 3. The van der Waals surface area contributed by atoms with Gasteiger partial charge in [0.15, 0.2) is 5.82 Å². The zero-order valence-electron chi connectivity index (χ0n) is 7.92. The average Bonchev–Trinajstić information content (AvgIpc) is 2.18. The van der Waals surface area contributed by atoms with Crippen LogP contribution in [0.15, 0.2) is 17.0 Å². The van der Waals surface area contributed by atoms with Gasteiger partial charge in [0.1, 0.15) is 10.7 Å². The summed E-state index contributed by atoms with van der Waals surface area (Å²) in [6.07, 6.45) is 0. The van der Waals surface area contributed by atoms with Gasteiger partial charge in [-0.1, -0.05) is 0 Å². The van der Waals surface area contributed by atoms with E-state index in [2.05, 4.69) is 0 Å². The molecule has 15 heavy (non-hydrogen) atoms. The van der Waals surface area contributed by atoms with E-state index in [1.54, 1.807) is 0 Å². The molecule has 0 heterocycles. The van der Waals surface area contributed by atoms with E-state index in [1.165, 1.54) is 0 Å². The second kappa shape index (κ2) is 4.21. The lowest BCUT2D eigenvalue weighted by atomic mass is 10.2. The highest BCUT2D eigenvalue weighted by Gasteiger charge is 2.21. The topological polar surface area (TPSA) is 72.2 Å². The van der Waals surface area contributed by atoms with Gasteiger partial charge in [0.05, 0.1) is 0 Å². The van der Waals surface area contributed by atoms with Gasteiger partial charge in [0.2, 0.25) is 10.0 Å². The molecule has 0 aliphatic carbocycles. The van der Waals surface area contributed by atoms with Crippen molar-refractivity contribution in [3.8, 4) is 0 Å². The lowest BCUT2D eigenvalue weighted by Crippen LogP contribution is -2.21. The van der Waals surface area contributed by atoms with Crippen LogP contribution in [0.5, 0.6) is 0 Å². The fraction of sp³-hybridized carbons (Fsp3) is 0.250. The zero-order chi connectivity index (χ0) is 11.6. The quantitative estimate of drug-likeness (QED) is 0.794. The van der Waals surface area contributed by atoms with Crippen LogP contribution in [-0.4, -0.2) is 15.5 Å². The molecule has 0 saturated heterocycles. The molecule has 0 bridgehead atoms. The summed E-state index contributed by atoms with van der Waals surface area (Å²) in [7, 11) is -2.79. The Bertz CT molecular complexity index is 474. The van der Waals surface area contributed by atoms with Crippen LogP contribution in [0.25, 0.3) is 0 Å². The Labute approximate surface area is 86.1 Å². The Kier molecular flexibility index (Phi) is 3.38. The van der Waals surface area contributed by atoms with Gasteiger partial charge in [0, 0.05) is 12.1 Å². The van der Waals surface area contributed by atoms with Gasteiger partial charge in [0.25, 0.3) is 0 Å². The van der Waals surface area contributed by atoms with Crippen molar-refractivity contribution in [3.05, 3.63) is 29.3 Å². The van der Waals surface area contributed by atoms with Gasteiger partial charge in [-0.25, -0.2) is 21.9 Å². The van der Waals surface area contributed by atoms with E-state index in [0.717, 1.165) is 19.2 Å². The first-order chi connectivity index (χ1) is 6.94. The van der Waals surface area contributed by atoms with Crippen molar-refractivity contribution in [3.63, 3.8) is 0 Å². The van der Waals surface area contributed by atoms with E-state index in [-0.39, 0.29) is 0 Å². The van der Waals surface area contributed by atoms with Crippen molar-refractivity contribution >= 4 is 10.0 Å². The molecule has 7 heteroatoms. The second-order valence-corrected chi connectivity index (χ2v) is 4.60. The van der Waals surface area contributed by atoms with Crippen LogP contribution in [-0.2, 0) is 16.6 Å². The third-order valence-electron chi connectivity index (χ3n) is 1.91. The average molecular weight is 236 g/mol. The summed E-state index contributed by atoms with van der Waals surface area (Å²) in [5.41, 5.74) is 4.67. The summed E-state index contributed by atoms with van der Waals surface area (Å²) in [6.45, 7) is -0.398. The predicted octanol–water partition coefficient (Wildman–Crippen LogP) is 0.332. The molecule has 4 nitrogen and oxygen atoms in total. The third-order valence-corrected chi connectivity index (χ3v) is 3.34. The van der Waals surface area contributed by atoms with Crippen LogP contribution in [0, 0.1) is 11.6 Å². The van der Waals surface area contributed by atoms with Crippen molar-refractivity contribution in [2.45, 2.75) is 11.4 Å². The predicted molar refractivity (Wildman–Crippen MR) is 50.5 cm³/mol. The third kappa shape index (κ3) is 2.14. The molecule has 0 spiro atoms. The number of hydrogen-bond donors (Lipinski definition) is 2. The molecule has 0 aromatic heterocycles. The van der Waals surface area contributed by atoms with Gasteiger partial charge < -0.3 is 5.73 Å². The first kappa shape index (κ1) is 12.0. The standard InChI is InChI=1S/C8H10F2N2O2S/c1-12-15(13,14)7-3-2-6(9)5(4-11)8(7)10/h2-3,12H,4,11H2,1H3. The molecule has 0 radical (unpaired) electrons. The molecule has 0 fully saturated rings. The number of benzene rings is 1. The Balaban J connectivity index is 3.48. The highest BCUT2D eigenvalue weighted by Crippen LogP contribution is 2.20. The van der Waals surface area contributed by atoms with E-state index >= 15 is 0 Å². The molecule has 84 valence electrons. The van der Waals surface area contributed by atoms with Gasteiger partial charge in [-0.2, -0.15) is 0 Å². The molecule has 0 unspecified atom stereocenters. The number of sulfonamides is 1. The van der Waals surface area contributed by atoms with Gasteiger partial charge in [-0.15, -0.1) is 0 Å². The van der Waals surface area contributed by atoms with E-state index < -0.39 is 38.7 Å². The Hall–Kier alpha value is -1.05. The fourth-order valence-corrected chi connectivity index (χ4v) is 1.91. The van der Waals surface area contributed by atoms with Gasteiger partial charge in [-0.05, 0) is 19.2 Å². The molecule has 0 amide bonds. The monoisotopic (exact) mass is 236 g/mol. The zero-order valence-corrected chi connectivity index (χ0v) is 8.74. The van der Waals surface area contributed by atoms with Crippen LogP contribution >= 0.6 is 0 Å². The molecular formula is C8H10F2N2O2S. The van der Waals surface area contributed by atoms with Crippen molar-refractivity contribution in [2.24, 2.45) is 5.73 Å². The maximum Gasteiger partial charge on any atom is 0.243 e. The number of nitrogens with one attached hydrogen (secondary N) is 1. The van der Waals surface area contributed by atoms with E-state index in [0.29, 0.717) is 0 Å². The minimum atomic E-state index is -3.93. The number of halogens is 2. The van der Waals surface area contributed by atoms with Gasteiger partial charge >= 0.3 is 0 Å². The Morgan fingerprint density at radius 2 is 2.00 bits per heavy atom. The van der Waals surface area contributed by atoms with E-state index in [9.17, 15) is 17.2 Å². The smallest absolute Gasteiger partial charge is 0.243 e. The first-order valence-corrected chi connectivity index (χ1v) is 5.53. The first-order valence-electron chi connectivity index (χ1n) is 4.04. The lowest BCUT2D eigenvalue weighted by Gasteiger charge is -2.07. The molecule has 3 N–H and O–H groups in total. The maximum atomic E-state index is 13.5. The summed E-state index contributed by atoms with van der Waals surface area (Å²) in [5, 5.41) is 0.